The summed E-state index contributed by atoms with van der Waals surface area (Å²) in [6.07, 6.45) is -1.34. The summed E-state index contributed by atoms with van der Waals surface area (Å²) < 4.78 is 3.72. The zero-order chi connectivity index (χ0) is 4.99. The first-order valence-corrected chi connectivity index (χ1v) is 1.72. The molecular weight excluding hydrogens is 107 g/mol. The first-order valence-electron chi connectivity index (χ1n) is 1.19. The molecule has 36 valence electrons. The summed E-state index contributed by atoms with van der Waals surface area (Å²) in [7, 11) is 0. The van der Waals surface area contributed by atoms with Crippen LogP contribution < -0.4 is 0 Å². The minimum absolute atomic E-state index is 0.296. The average molecular weight is 110 g/mol. The van der Waals surface area contributed by atoms with Gasteiger partial charge in [-0.05, 0) is 0 Å². The Bertz CT molecular complexity index is 52.8. The van der Waals surface area contributed by atoms with Crippen LogP contribution in [-0.2, 0) is 4.74 Å². The van der Waals surface area contributed by atoms with E-state index in [0.717, 1.165) is 0 Å². The fraction of sp³-hybridized carbons (Fsp3) is 0.500. The summed E-state index contributed by atoms with van der Waals surface area (Å²) in [6, 6.07) is -0.296. The molecule has 3 nitrogen and oxygen atoms in total. The number of hydrogen-bond donors (Lipinski definition) is 1. The van der Waals surface area contributed by atoms with Crippen LogP contribution in [0.25, 0.3) is 0 Å². The molecule has 0 heterocycles. The summed E-state index contributed by atoms with van der Waals surface area (Å²) in [5.74, 6) is 0. The number of alkyl halides is 1. The molecule has 0 aliphatic carbocycles. The van der Waals surface area contributed by atoms with Crippen molar-refractivity contribution in [2.45, 2.75) is 0 Å². The quantitative estimate of drug-likeness (QED) is 0.403. The van der Waals surface area contributed by atoms with E-state index in [1.165, 1.54) is 0 Å². The molecule has 0 aliphatic rings. The highest BCUT2D eigenvalue weighted by Gasteiger charge is 1.87. The highest BCUT2D eigenvalue weighted by molar-refractivity contribution is 6.17. The average Bonchev–Trinajstić information content (AvgIpc) is 1.35. The van der Waals surface area contributed by atoms with E-state index in [2.05, 4.69) is 4.74 Å². The second-order valence-corrected chi connectivity index (χ2v) is 0.738. The third kappa shape index (κ3) is 3.56. The lowest BCUT2D eigenvalue weighted by atomic mass is 11.4. The molecular formula is C2H3ClO3. The van der Waals surface area contributed by atoms with Crippen molar-refractivity contribution in [3.8, 4) is 0 Å². The van der Waals surface area contributed by atoms with Gasteiger partial charge in [0, 0.05) is 0 Å². The number of carboxylic acid groups (broad SMARTS) is 1. The number of hydrogen-bond acceptors (Lipinski definition) is 2. The largest absolute Gasteiger partial charge is 0.506 e. The van der Waals surface area contributed by atoms with Gasteiger partial charge >= 0.3 is 6.16 Å². The maximum absolute atomic E-state index is 9.29. The highest BCUT2D eigenvalue weighted by atomic mass is 35.5. The first-order chi connectivity index (χ1) is 2.77. The summed E-state index contributed by atoms with van der Waals surface area (Å²) in [5.41, 5.74) is 0. The predicted octanol–water partition coefficient (Wildman–Crippen LogP) is 0.877. The third-order valence-corrected chi connectivity index (χ3v) is 0.287. The van der Waals surface area contributed by atoms with Crippen LogP contribution in [0.4, 0.5) is 4.79 Å². The molecule has 0 bridgehead atoms. The van der Waals surface area contributed by atoms with Crippen molar-refractivity contribution >= 4 is 17.8 Å². The van der Waals surface area contributed by atoms with Gasteiger partial charge in [0.2, 0.25) is 0 Å². The van der Waals surface area contributed by atoms with Crippen LogP contribution in [0.3, 0.4) is 0 Å². The fourth-order valence-corrected chi connectivity index (χ4v) is 0.140. The summed E-state index contributed by atoms with van der Waals surface area (Å²) in [5, 5.41) is 7.61. The molecule has 1 N–H and O–H groups in total. The maximum atomic E-state index is 9.29. The minimum atomic E-state index is -1.34. The number of ether oxygens (including phenoxy) is 1. The van der Waals surface area contributed by atoms with E-state index in [1.807, 2.05) is 0 Å². The van der Waals surface area contributed by atoms with Crippen LogP contribution in [0.1, 0.15) is 0 Å². The normalized spacial score (nSPS) is 7.50. The van der Waals surface area contributed by atoms with Gasteiger partial charge in [0.05, 0.1) is 0 Å². The van der Waals surface area contributed by atoms with Crippen molar-refractivity contribution in [2.24, 2.45) is 0 Å². The smallest absolute Gasteiger partial charge is 0.450 e. The lowest BCUT2D eigenvalue weighted by molar-refractivity contribution is 0.107. The van der Waals surface area contributed by atoms with Gasteiger partial charge in [-0.15, -0.1) is 0 Å². The maximum Gasteiger partial charge on any atom is 0.506 e. The highest BCUT2D eigenvalue weighted by Crippen LogP contribution is 1.76. The van der Waals surface area contributed by atoms with Crippen molar-refractivity contribution in [1.82, 2.24) is 0 Å². The number of halogens is 1. The van der Waals surface area contributed by atoms with Crippen LogP contribution >= 0.6 is 11.6 Å². The molecule has 0 aliphatic heterocycles. The SMILES string of the molecule is O=C(O)OCCl. The first kappa shape index (κ1) is 5.56. The lowest BCUT2D eigenvalue weighted by Gasteiger charge is -1.85. The second kappa shape index (κ2) is 2.78. The molecule has 0 aromatic carbocycles. The number of rotatable bonds is 1. The molecule has 0 aromatic heterocycles. The van der Waals surface area contributed by atoms with Gasteiger partial charge in [0.15, 0.2) is 6.07 Å². The zero-order valence-corrected chi connectivity index (χ0v) is 3.60. The topological polar surface area (TPSA) is 46.5 Å². The van der Waals surface area contributed by atoms with E-state index in [0.29, 0.717) is 0 Å². The van der Waals surface area contributed by atoms with Crippen LogP contribution in [0, 0.1) is 0 Å². The minimum Gasteiger partial charge on any atom is -0.450 e. The van der Waals surface area contributed by atoms with E-state index in [4.69, 9.17) is 16.7 Å². The molecule has 4 heteroatoms. The zero-order valence-electron chi connectivity index (χ0n) is 2.85. The molecule has 0 fully saturated rings. The molecule has 0 saturated heterocycles. The van der Waals surface area contributed by atoms with Gasteiger partial charge in [-0.25, -0.2) is 4.79 Å². The fourth-order valence-electron chi connectivity index (χ4n) is 0.0467. The van der Waals surface area contributed by atoms with Gasteiger partial charge in [0.1, 0.15) is 0 Å². The standard InChI is InChI=1S/C2H3ClO3/c3-1-6-2(4)5/h1H2,(H,4,5). The molecule has 0 aromatic rings. The van der Waals surface area contributed by atoms with E-state index in [-0.39, 0.29) is 6.07 Å². The van der Waals surface area contributed by atoms with Crippen LogP contribution in [-0.4, -0.2) is 17.3 Å². The van der Waals surface area contributed by atoms with Crippen molar-refractivity contribution < 1.29 is 14.6 Å². The van der Waals surface area contributed by atoms with Crippen molar-refractivity contribution in [3.63, 3.8) is 0 Å². The molecule has 0 saturated carbocycles. The Labute approximate surface area is 39.5 Å². The Hall–Kier alpha value is -0.440. The Morgan fingerprint density at radius 1 is 2.00 bits per heavy atom. The summed E-state index contributed by atoms with van der Waals surface area (Å²) in [6.45, 7) is 0. The van der Waals surface area contributed by atoms with Gasteiger partial charge < -0.3 is 9.84 Å². The van der Waals surface area contributed by atoms with E-state index in [9.17, 15) is 4.79 Å². The van der Waals surface area contributed by atoms with Gasteiger partial charge in [-0.1, -0.05) is 11.6 Å². The van der Waals surface area contributed by atoms with Gasteiger partial charge in [-0.2, -0.15) is 0 Å². The van der Waals surface area contributed by atoms with E-state index in [1.54, 1.807) is 0 Å². The molecule has 0 spiro atoms. The van der Waals surface area contributed by atoms with Gasteiger partial charge in [-0.3, -0.25) is 0 Å². The van der Waals surface area contributed by atoms with E-state index >= 15 is 0 Å². The summed E-state index contributed by atoms with van der Waals surface area (Å²) in [4.78, 5) is 9.29. The van der Waals surface area contributed by atoms with Crippen molar-refractivity contribution in [3.05, 3.63) is 0 Å². The van der Waals surface area contributed by atoms with Gasteiger partial charge in [0.25, 0.3) is 0 Å². The Morgan fingerprint density at radius 2 is 2.50 bits per heavy atom. The monoisotopic (exact) mass is 110 g/mol. The predicted molar refractivity (Wildman–Crippen MR) is 19.8 cm³/mol. The lowest BCUT2D eigenvalue weighted by Crippen LogP contribution is -1.95. The van der Waals surface area contributed by atoms with Crippen molar-refractivity contribution in [2.75, 3.05) is 6.07 Å². The molecule has 0 unspecified atom stereocenters. The van der Waals surface area contributed by atoms with E-state index < -0.39 is 6.16 Å². The molecule has 0 amide bonds. The Kier molecular flexibility index (Phi) is 2.58. The van der Waals surface area contributed by atoms with Crippen LogP contribution in [0.2, 0.25) is 0 Å². The van der Waals surface area contributed by atoms with Crippen molar-refractivity contribution in [1.29, 1.82) is 0 Å². The number of carbonyl (C=O) groups is 1. The molecule has 0 radical (unpaired) electrons. The second-order valence-electron chi connectivity index (χ2n) is 0.519. The summed E-state index contributed by atoms with van der Waals surface area (Å²) >= 11 is 4.79. The Balaban J connectivity index is 2.83. The third-order valence-electron chi connectivity index (χ3n) is 0.178. The van der Waals surface area contributed by atoms with Crippen LogP contribution in [0.5, 0.6) is 0 Å². The Morgan fingerprint density at radius 3 is 2.50 bits per heavy atom. The molecule has 6 heavy (non-hydrogen) atoms. The van der Waals surface area contributed by atoms with Crippen LogP contribution in [0.15, 0.2) is 0 Å². The molecule has 0 rings (SSSR count). The molecule has 0 atom stereocenters.